The number of aliphatic hydroxyl groups is 1. The molecule has 5 aliphatic heterocycles. The molecule has 0 aliphatic carbocycles. The quantitative estimate of drug-likeness (QED) is 0.0479. The molecular weight excluding hydrogens is 1260 g/mol. The number of imide groups is 2. The minimum absolute atomic E-state index is 0. The van der Waals surface area contributed by atoms with E-state index in [-0.39, 0.29) is 112 Å². The number of aliphatic hydroxyl groups excluding tert-OH is 1. The van der Waals surface area contributed by atoms with E-state index in [2.05, 4.69) is 42.7 Å². The van der Waals surface area contributed by atoms with Gasteiger partial charge in [0.1, 0.15) is 16.8 Å². The molecule has 0 bridgehead atoms. The van der Waals surface area contributed by atoms with Crippen LogP contribution in [0.5, 0.6) is 0 Å². The summed E-state index contributed by atoms with van der Waals surface area (Å²) >= 11 is 3.21. The third-order valence-corrected chi connectivity index (χ3v) is 12.5. The molecule has 0 saturated carbocycles. The smallest absolute Gasteiger partial charge is 0.410 e. The average Bonchev–Trinajstić information content (AvgIpc) is 3.88. The molecule has 26 nitrogen and oxygen atoms in total. The largest absolute Gasteiger partial charge is 0.444 e. The van der Waals surface area contributed by atoms with E-state index in [1.807, 2.05) is 62.3 Å². The summed E-state index contributed by atoms with van der Waals surface area (Å²) < 4.78 is 32.9. The number of carbonyl (C=O) groups is 7. The van der Waals surface area contributed by atoms with Gasteiger partial charge in [-0.2, -0.15) is 0 Å². The summed E-state index contributed by atoms with van der Waals surface area (Å²) in [5.41, 5.74) is 6.06. The molecule has 5 aliphatic rings. The normalized spacial score (nSPS) is 18.1. The van der Waals surface area contributed by atoms with Crippen LogP contribution in [0.15, 0.2) is 48.5 Å². The first-order valence-corrected chi connectivity index (χ1v) is 29.1. The molecule has 86 heavy (non-hydrogen) atoms. The van der Waals surface area contributed by atoms with E-state index < -0.39 is 16.8 Å². The molecule has 0 spiro atoms. The van der Waals surface area contributed by atoms with E-state index in [0.29, 0.717) is 99.8 Å². The number of ether oxygens (including phenoxy) is 6. The van der Waals surface area contributed by atoms with E-state index in [4.69, 9.17) is 39.3 Å². The van der Waals surface area contributed by atoms with Gasteiger partial charge in [0, 0.05) is 138 Å². The number of carbonyl (C=O) groups excluding carboxylic acids is 7. The second kappa shape index (κ2) is 41.8. The minimum Gasteiger partial charge on any atom is -0.444 e. The molecule has 0 aromatic heterocycles. The number of benzene rings is 2. The Kier molecular flexibility index (Phi) is 40.7. The van der Waals surface area contributed by atoms with Crippen LogP contribution in [0, 0.1) is 7.43 Å². The topological polar surface area (TPSA) is 339 Å². The summed E-state index contributed by atoms with van der Waals surface area (Å²) in [6.45, 7) is 29.6. The number of rotatable bonds is 13. The van der Waals surface area contributed by atoms with Gasteiger partial charge in [-0.25, -0.2) is 14.4 Å². The molecule has 2 aromatic carbocycles. The van der Waals surface area contributed by atoms with E-state index >= 15 is 0 Å². The zero-order chi connectivity index (χ0) is 62.7. The van der Waals surface area contributed by atoms with Crippen molar-refractivity contribution in [3.63, 3.8) is 0 Å². The van der Waals surface area contributed by atoms with Gasteiger partial charge in [0.2, 0.25) is 0 Å². The Morgan fingerprint density at radius 2 is 0.919 bits per heavy atom. The summed E-state index contributed by atoms with van der Waals surface area (Å²) in [5.74, 6) is 7.15. The third kappa shape index (κ3) is 30.3. The number of hydrogen-bond donors (Lipinski definition) is 5. The fourth-order valence-corrected chi connectivity index (χ4v) is 8.83. The summed E-state index contributed by atoms with van der Waals surface area (Å²) in [7, 11) is 5.15. The number of alkyl halides is 1. The number of likely N-dealkylation sites (N-methyl/N-ethyl adjacent to an activating group) is 3. The third-order valence-electron chi connectivity index (χ3n) is 12.1. The molecule has 28 heteroatoms. The number of amides is 7. The van der Waals surface area contributed by atoms with Gasteiger partial charge in [-0.05, 0) is 93.5 Å². The molecule has 7 amide bonds. The Bertz CT molecular complexity index is 2280. The van der Waals surface area contributed by atoms with Crippen LogP contribution >= 0.6 is 15.9 Å². The Labute approximate surface area is 543 Å². The molecule has 10 N–H and O–H groups in total. The van der Waals surface area contributed by atoms with Crippen molar-refractivity contribution in [2.75, 3.05) is 145 Å². The maximum Gasteiger partial charge on any atom is 0.410 e. The number of nitrogens with two attached hydrogens (primary N) is 3. The first-order valence-electron chi connectivity index (χ1n) is 28.0. The van der Waals surface area contributed by atoms with Crippen molar-refractivity contribution < 1.29 is 105 Å². The number of fused-ring (bicyclic) bond motifs is 2. The van der Waals surface area contributed by atoms with Crippen molar-refractivity contribution in [1.29, 1.82) is 0 Å². The van der Waals surface area contributed by atoms with Crippen LogP contribution in [0.2, 0.25) is 0 Å². The second-order valence-electron chi connectivity index (χ2n) is 22.8. The number of halogens is 1. The van der Waals surface area contributed by atoms with E-state index in [0.717, 1.165) is 39.3 Å². The number of nitrogens with zero attached hydrogens (tertiary/aromatic N) is 7. The maximum atomic E-state index is 12.5. The van der Waals surface area contributed by atoms with Gasteiger partial charge in [0.15, 0.2) is 0 Å². The van der Waals surface area contributed by atoms with E-state index in [1.54, 1.807) is 86.4 Å². The Hall–Kier alpha value is -4.33. The van der Waals surface area contributed by atoms with Crippen LogP contribution in [-0.4, -0.2) is 266 Å². The summed E-state index contributed by atoms with van der Waals surface area (Å²) in [5, 5.41) is 11.4. The first kappa shape index (κ1) is 83.7. The first-order chi connectivity index (χ1) is 39.0. The van der Waals surface area contributed by atoms with Gasteiger partial charge in [0.05, 0.1) is 80.0 Å². The average molecular weight is 1360 g/mol. The molecule has 7 rings (SSSR count). The molecule has 5 heterocycles. The Morgan fingerprint density at radius 3 is 1.22 bits per heavy atom. The van der Waals surface area contributed by atoms with Gasteiger partial charge in [0.25, 0.3) is 23.6 Å². The van der Waals surface area contributed by atoms with Gasteiger partial charge >= 0.3 is 18.3 Å². The summed E-state index contributed by atoms with van der Waals surface area (Å²) in [6.07, 6.45) is -1.06. The van der Waals surface area contributed by atoms with Crippen molar-refractivity contribution in [3.05, 3.63) is 78.2 Å². The van der Waals surface area contributed by atoms with Gasteiger partial charge in [-0.1, -0.05) is 40.2 Å². The number of hydrogen-bond acceptors (Lipinski definition) is 20. The van der Waals surface area contributed by atoms with E-state index in [9.17, 15) is 33.6 Å². The maximum absolute atomic E-state index is 12.5. The number of hydrazine groups is 1. The SMILES string of the molecule is CCO.CN(C[C@@H]1CN(CCN)CCO1)C(=O)OC(C)(C)C.CN(C[C@@H]1CN(CCN2C(=O)c3ccccc3C2=O)CCO1)C(=O)OC(C)(C)C.CN(C[C@@H]1CNCCO1)C(=O)OC(C)(C)C.NN.O.O=C1c2ccccc2C(=O)N1CCBr.[CH3-].[Y]. The van der Waals surface area contributed by atoms with Crippen molar-refractivity contribution in [3.8, 4) is 0 Å². The van der Waals surface area contributed by atoms with Crippen LogP contribution < -0.4 is 22.7 Å². The van der Waals surface area contributed by atoms with Crippen molar-refractivity contribution in [2.45, 2.75) is 104 Å². The van der Waals surface area contributed by atoms with Crippen molar-refractivity contribution >= 4 is 57.8 Å². The summed E-state index contributed by atoms with van der Waals surface area (Å²) in [6, 6.07) is 13.8. The van der Waals surface area contributed by atoms with Gasteiger partial charge in [-0.15, -0.1) is 0 Å². The predicted octanol–water partition coefficient (Wildman–Crippen LogP) is 3.32. The fraction of sp³-hybridized carbons (Fsp3) is 0.655. The molecule has 489 valence electrons. The Balaban J connectivity index is 0. The minimum atomic E-state index is -0.544. The molecule has 3 fully saturated rings. The van der Waals surface area contributed by atoms with Crippen LogP contribution in [-0.2, 0) is 61.1 Å². The molecule has 3 saturated heterocycles. The standard InChI is InChI=1S/C21H29N3O5.C13H27N3O3.C11H22N2O3.C10H8BrNO2.C2H6O.CH3.H4N2.H2O.Y/c1-21(2,3)29-20(27)22(4)13-15-14-23(11-12-28-15)9-10-24-18(25)16-7-5-6-8-17(16)19(24)26;1-13(2,3)19-12(17)15(4)9-11-10-16(6-5-14)7-8-18-11;1-11(2,3)16-10(14)13(4)8-9-7-12-5-6-15-9;11-5-6-12-9(13)7-3-1-2-4-8(7)10(12)14;1-2-3;;1-2;;/h5-8,15H,9-14H2,1-4H3;11H,5-10,14H2,1-4H3;9,12H,5-8H2,1-4H3;1-4H,5-6H2;3H,2H2,1H3;1H3;1-2H2;1H2;/q;;;;;-1;;;/t15-;11-;9-;;;;;;/m110....../s1. The van der Waals surface area contributed by atoms with Crippen molar-refractivity contribution in [1.82, 2.24) is 39.6 Å². The Morgan fingerprint density at radius 1 is 0.605 bits per heavy atom. The molecule has 3 atom stereocenters. The van der Waals surface area contributed by atoms with Crippen LogP contribution in [0.25, 0.3) is 0 Å². The van der Waals surface area contributed by atoms with Crippen LogP contribution in [0.4, 0.5) is 14.4 Å². The second-order valence-corrected chi connectivity index (χ2v) is 23.6. The van der Waals surface area contributed by atoms with Gasteiger partial charge in [-0.3, -0.25) is 50.5 Å². The van der Waals surface area contributed by atoms with Gasteiger partial charge < -0.3 is 72.2 Å². The zero-order valence-corrected chi connectivity index (χ0v) is 57.8. The summed E-state index contributed by atoms with van der Waals surface area (Å²) in [4.78, 5) is 95.6. The number of nitrogens with one attached hydrogen (secondary N) is 1. The van der Waals surface area contributed by atoms with E-state index in [1.165, 1.54) is 14.7 Å². The molecule has 1 radical (unpaired) electrons. The number of morpholine rings is 3. The van der Waals surface area contributed by atoms with Crippen LogP contribution in [0.1, 0.15) is 111 Å². The molecule has 2 aromatic rings. The molecular formula is C58H101BrN11O15Y-. The van der Waals surface area contributed by atoms with Crippen LogP contribution in [0.3, 0.4) is 0 Å². The van der Waals surface area contributed by atoms with Crippen molar-refractivity contribution in [2.24, 2.45) is 17.4 Å². The monoisotopic (exact) mass is 1360 g/mol. The zero-order valence-electron chi connectivity index (χ0n) is 53.4. The fourth-order valence-electron chi connectivity index (χ4n) is 8.48. The predicted molar refractivity (Wildman–Crippen MR) is 329 cm³/mol. The molecule has 0 unspecified atom stereocenters.